The maximum absolute atomic E-state index is 4.63. The second kappa shape index (κ2) is 4.76. The molecule has 2 aromatic carbocycles. The fourth-order valence-electron chi connectivity index (χ4n) is 2.29. The van der Waals surface area contributed by atoms with Gasteiger partial charge in [-0.05, 0) is 24.6 Å². The Balaban J connectivity index is 1.91. The first-order valence-corrected chi connectivity index (χ1v) is 6.48. The number of nitrogens with one attached hydrogen (secondary N) is 1. The van der Waals surface area contributed by atoms with E-state index in [-0.39, 0.29) is 6.04 Å². The summed E-state index contributed by atoms with van der Waals surface area (Å²) in [6.07, 6.45) is 0. The van der Waals surface area contributed by atoms with Crippen LogP contribution in [0.4, 0.5) is 5.95 Å². The molecule has 1 aromatic heterocycles. The second-order valence-electron chi connectivity index (χ2n) is 4.76. The van der Waals surface area contributed by atoms with Gasteiger partial charge in [0.25, 0.3) is 0 Å². The number of rotatable bonds is 3. The maximum atomic E-state index is 4.63. The number of hydrogen-bond acceptors (Lipinski definition) is 2. The highest BCUT2D eigenvalue weighted by Gasteiger charge is 2.10. The largest absolute Gasteiger partial charge is 0.349 e. The van der Waals surface area contributed by atoms with Gasteiger partial charge in [0.2, 0.25) is 5.95 Å². The summed E-state index contributed by atoms with van der Waals surface area (Å²) in [6, 6.07) is 18.8. The molecule has 0 bridgehead atoms. The number of fused-ring (bicyclic) bond motifs is 1. The van der Waals surface area contributed by atoms with Gasteiger partial charge in [-0.15, -0.1) is 0 Å². The van der Waals surface area contributed by atoms with Crippen molar-refractivity contribution in [2.45, 2.75) is 13.0 Å². The highest BCUT2D eigenvalue weighted by molar-refractivity contribution is 5.78. The molecule has 1 atom stereocenters. The summed E-state index contributed by atoms with van der Waals surface area (Å²) < 4.78 is 2.09. The van der Waals surface area contributed by atoms with E-state index in [1.165, 1.54) is 5.56 Å². The topological polar surface area (TPSA) is 29.9 Å². The molecule has 0 saturated heterocycles. The molecule has 0 spiro atoms. The molecule has 1 unspecified atom stereocenters. The van der Waals surface area contributed by atoms with Crippen molar-refractivity contribution in [1.29, 1.82) is 0 Å². The second-order valence-corrected chi connectivity index (χ2v) is 4.76. The fraction of sp³-hybridized carbons (Fsp3) is 0.188. The molecule has 3 nitrogen and oxygen atoms in total. The third kappa shape index (κ3) is 2.19. The molecule has 0 aliphatic carbocycles. The lowest BCUT2D eigenvalue weighted by molar-refractivity contribution is 0.832. The van der Waals surface area contributed by atoms with E-state index < -0.39 is 0 Å². The number of aryl methyl sites for hydroxylation is 1. The van der Waals surface area contributed by atoms with Crippen LogP contribution in [0.2, 0.25) is 0 Å². The number of para-hydroxylation sites is 2. The quantitative estimate of drug-likeness (QED) is 0.768. The monoisotopic (exact) mass is 251 g/mol. The summed E-state index contributed by atoms with van der Waals surface area (Å²) >= 11 is 0. The number of nitrogens with zero attached hydrogens (tertiary/aromatic N) is 2. The van der Waals surface area contributed by atoms with Gasteiger partial charge in [0.15, 0.2) is 0 Å². The van der Waals surface area contributed by atoms with Crippen LogP contribution in [0.15, 0.2) is 54.6 Å². The van der Waals surface area contributed by atoms with E-state index in [1.54, 1.807) is 0 Å². The summed E-state index contributed by atoms with van der Waals surface area (Å²) in [7, 11) is 2.04. The Hall–Kier alpha value is -2.29. The average Bonchev–Trinajstić information content (AvgIpc) is 2.77. The normalized spacial score (nSPS) is 12.5. The molecule has 0 aliphatic rings. The van der Waals surface area contributed by atoms with Crippen molar-refractivity contribution in [3.05, 3.63) is 60.2 Å². The molecule has 19 heavy (non-hydrogen) atoms. The van der Waals surface area contributed by atoms with Gasteiger partial charge in [-0.2, -0.15) is 0 Å². The Morgan fingerprint density at radius 3 is 2.42 bits per heavy atom. The number of anilines is 1. The molecule has 0 aliphatic heterocycles. The van der Waals surface area contributed by atoms with Crippen molar-refractivity contribution in [2.75, 3.05) is 5.32 Å². The third-order valence-electron chi connectivity index (χ3n) is 3.43. The summed E-state index contributed by atoms with van der Waals surface area (Å²) in [6.45, 7) is 2.15. The first-order chi connectivity index (χ1) is 9.25. The predicted octanol–water partition coefficient (Wildman–Crippen LogP) is 3.75. The first-order valence-electron chi connectivity index (χ1n) is 6.48. The Bertz CT molecular complexity index is 686. The minimum absolute atomic E-state index is 0.233. The average molecular weight is 251 g/mol. The zero-order valence-electron chi connectivity index (χ0n) is 11.2. The Labute approximate surface area is 112 Å². The minimum Gasteiger partial charge on any atom is -0.349 e. The maximum Gasteiger partial charge on any atom is 0.204 e. The Morgan fingerprint density at radius 1 is 1.00 bits per heavy atom. The standard InChI is InChI=1S/C16H17N3/c1-12(13-8-4-3-5-9-13)17-16-18-14-10-6-7-11-15(14)19(16)2/h3-12H,1-2H3,(H,17,18). The van der Waals surface area contributed by atoms with Crippen LogP contribution in [-0.4, -0.2) is 9.55 Å². The molecular weight excluding hydrogens is 234 g/mol. The SMILES string of the molecule is CC(Nc1nc2ccccc2n1C)c1ccccc1. The Kier molecular flexibility index (Phi) is 2.95. The third-order valence-corrected chi connectivity index (χ3v) is 3.43. The van der Waals surface area contributed by atoms with Gasteiger partial charge in [-0.1, -0.05) is 42.5 Å². The highest BCUT2D eigenvalue weighted by Crippen LogP contribution is 2.22. The van der Waals surface area contributed by atoms with Gasteiger partial charge in [0.05, 0.1) is 17.1 Å². The van der Waals surface area contributed by atoms with Gasteiger partial charge in [-0.3, -0.25) is 0 Å². The van der Waals surface area contributed by atoms with E-state index in [2.05, 4.69) is 52.1 Å². The summed E-state index contributed by atoms with van der Waals surface area (Å²) in [4.78, 5) is 4.63. The number of aromatic nitrogens is 2. The zero-order valence-corrected chi connectivity index (χ0v) is 11.2. The van der Waals surface area contributed by atoms with Crippen LogP contribution in [0, 0.1) is 0 Å². The molecule has 3 heteroatoms. The van der Waals surface area contributed by atoms with Crippen molar-refractivity contribution in [3.8, 4) is 0 Å². The molecule has 0 amide bonds. The molecule has 3 aromatic rings. The van der Waals surface area contributed by atoms with Gasteiger partial charge in [0.1, 0.15) is 0 Å². The zero-order chi connectivity index (χ0) is 13.2. The molecule has 0 fully saturated rings. The molecule has 3 rings (SSSR count). The van der Waals surface area contributed by atoms with Crippen molar-refractivity contribution in [2.24, 2.45) is 7.05 Å². The Morgan fingerprint density at radius 2 is 1.68 bits per heavy atom. The van der Waals surface area contributed by atoms with E-state index in [0.29, 0.717) is 0 Å². The van der Waals surface area contributed by atoms with Crippen molar-refractivity contribution in [1.82, 2.24) is 9.55 Å². The van der Waals surface area contributed by atoms with E-state index in [9.17, 15) is 0 Å². The summed E-state index contributed by atoms with van der Waals surface area (Å²) in [5.41, 5.74) is 3.42. The molecule has 0 radical (unpaired) electrons. The van der Waals surface area contributed by atoms with Crippen LogP contribution in [-0.2, 0) is 7.05 Å². The molecule has 1 heterocycles. The highest BCUT2D eigenvalue weighted by atomic mass is 15.2. The minimum atomic E-state index is 0.233. The smallest absolute Gasteiger partial charge is 0.204 e. The molecular formula is C16H17N3. The van der Waals surface area contributed by atoms with Gasteiger partial charge < -0.3 is 9.88 Å². The van der Waals surface area contributed by atoms with Crippen LogP contribution >= 0.6 is 0 Å². The van der Waals surface area contributed by atoms with Crippen LogP contribution in [0.5, 0.6) is 0 Å². The fourth-order valence-corrected chi connectivity index (χ4v) is 2.29. The summed E-state index contributed by atoms with van der Waals surface area (Å²) in [5.74, 6) is 0.901. The molecule has 1 N–H and O–H groups in total. The van der Waals surface area contributed by atoms with E-state index in [0.717, 1.165) is 17.0 Å². The van der Waals surface area contributed by atoms with Gasteiger partial charge >= 0.3 is 0 Å². The lowest BCUT2D eigenvalue weighted by atomic mass is 10.1. The predicted molar refractivity (Wildman–Crippen MR) is 79.2 cm³/mol. The van der Waals surface area contributed by atoms with Gasteiger partial charge in [0, 0.05) is 7.05 Å². The number of benzene rings is 2. The van der Waals surface area contributed by atoms with Crippen molar-refractivity contribution in [3.63, 3.8) is 0 Å². The molecule has 96 valence electrons. The van der Waals surface area contributed by atoms with Crippen LogP contribution in [0.25, 0.3) is 11.0 Å². The van der Waals surface area contributed by atoms with E-state index in [4.69, 9.17) is 0 Å². The number of hydrogen-bond donors (Lipinski definition) is 1. The molecule has 0 saturated carbocycles. The van der Waals surface area contributed by atoms with Crippen LogP contribution < -0.4 is 5.32 Å². The van der Waals surface area contributed by atoms with Crippen LogP contribution in [0.1, 0.15) is 18.5 Å². The van der Waals surface area contributed by atoms with Crippen molar-refractivity contribution >= 4 is 17.0 Å². The lowest BCUT2D eigenvalue weighted by Gasteiger charge is -2.14. The summed E-state index contributed by atoms with van der Waals surface area (Å²) in [5, 5.41) is 3.47. The van der Waals surface area contributed by atoms with E-state index >= 15 is 0 Å². The first kappa shape index (κ1) is 11.8. The van der Waals surface area contributed by atoms with Gasteiger partial charge in [-0.25, -0.2) is 4.98 Å². The number of imidazole rings is 1. The van der Waals surface area contributed by atoms with Crippen molar-refractivity contribution < 1.29 is 0 Å². The lowest BCUT2D eigenvalue weighted by Crippen LogP contribution is -2.10. The van der Waals surface area contributed by atoms with E-state index in [1.807, 2.05) is 31.3 Å². The van der Waals surface area contributed by atoms with Crippen LogP contribution in [0.3, 0.4) is 0 Å².